The van der Waals surface area contributed by atoms with Crippen molar-refractivity contribution >= 4 is 17.5 Å². The van der Waals surface area contributed by atoms with Gasteiger partial charge in [-0.2, -0.15) is 0 Å². The standard InChI is InChI=1S/C18H18N2O2/c1-13(21)15-7-8-17-16(11-15)9-10-20(17)18(22)19-12-14-5-3-2-4-6-14/h2-8,11H,9-10,12H2,1H3,(H,19,22). The van der Waals surface area contributed by atoms with Crippen molar-refractivity contribution in [2.45, 2.75) is 19.9 Å². The molecule has 22 heavy (non-hydrogen) atoms. The van der Waals surface area contributed by atoms with Crippen molar-refractivity contribution in [1.29, 1.82) is 0 Å². The van der Waals surface area contributed by atoms with E-state index in [-0.39, 0.29) is 11.8 Å². The molecule has 1 N–H and O–H groups in total. The molecule has 112 valence electrons. The highest BCUT2D eigenvalue weighted by Gasteiger charge is 2.24. The van der Waals surface area contributed by atoms with Crippen LogP contribution in [0.1, 0.15) is 28.4 Å². The lowest BCUT2D eigenvalue weighted by molar-refractivity contribution is 0.101. The lowest BCUT2D eigenvalue weighted by atomic mass is 10.1. The Hall–Kier alpha value is -2.62. The summed E-state index contributed by atoms with van der Waals surface area (Å²) in [5.41, 5.74) is 3.73. The van der Waals surface area contributed by atoms with E-state index in [0.717, 1.165) is 23.2 Å². The van der Waals surface area contributed by atoms with E-state index in [4.69, 9.17) is 0 Å². The first kappa shape index (κ1) is 14.3. The van der Waals surface area contributed by atoms with E-state index in [0.29, 0.717) is 18.7 Å². The van der Waals surface area contributed by atoms with Crippen molar-refractivity contribution < 1.29 is 9.59 Å². The van der Waals surface area contributed by atoms with Crippen LogP contribution >= 0.6 is 0 Å². The van der Waals surface area contributed by atoms with E-state index < -0.39 is 0 Å². The van der Waals surface area contributed by atoms with Crippen molar-refractivity contribution in [2.75, 3.05) is 11.4 Å². The van der Waals surface area contributed by atoms with Gasteiger partial charge in [-0.3, -0.25) is 9.69 Å². The highest BCUT2D eigenvalue weighted by Crippen LogP contribution is 2.29. The molecule has 2 aromatic carbocycles. The molecule has 0 atom stereocenters. The van der Waals surface area contributed by atoms with E-state index in [2.05, 4.69) is 5.32 Å². The number of urea groups is 1. The number of nitrogens with one attached hydrogen (secondary N) is 1. The molecular formula is C18H18N2O2. The molecule has 1 aliphatic heterocycles. The fourth-order valence-electron chi connectivity index (χ4n) is 2.70. The van der Waals surface area contributed by atoms with Gasteiger partial charge in [0.1, 0.15) is 0 Å². The van der Waals surface area contributed by atoms with Crippen LogP contribution in [0.15, 0.2) is 48.5 Å². The number of amides is 2. The fraction of sp³-hybridized carbons (Fsp3) is 0.222. The van der Waals surface area contributed by atoms with Gasteiger partial charge in [0, 0.05) is 24.3 Å². The number of benzene rings is 2. The maximum absolute atomic E-state index is 12.3. The Balaban J connectivity index is 1.70. The molecule has 0 radical (unpaired) electrons. The van der Waals surface area contributed by atoms with Crippen molar-refractivity contribution in [1.82, 2.24) is 5.32 Å². The quantitative estimate of drug-likeness (QED) is 0.884. The first-order valence-electron chi connectivity index (χ1n) is 7.38. The Labute approximate surface area is 129 Å². The van der Waals surface area contributed by atoms with E-state index >= 15 is 0 Å². The molecule has 0 fully saturated rings. The van der Waals surface area contributed by atoms with Crippen LogP contribution in [0.2, 0.25) is 0 Å². The summed E-state index contributed by atoms with van der Waals surface area (Å²) < 4.78 is 0. The minimum atomic E-state index is -0.0989. The third kappa shape index (κ3) is 2.86. The van der Waals surface area contributed by atoms with Gasteiger partial charge in [0.05, 0.1) is 0 Å². The summed E-state index contributed by atoms with van der Waals surface area (Å²) in [6, 6.07) is 15.3. The minimum absolute atomic E-state index is 0.0507. The van der Waals surface area contributed by atoms with Crippen LogP contribution in [0, 0.1) is 0 Å². The summed E-state index contributed by atoms with van der Waals surface area (Å²) in [6.45, 7) is 2.72. The van der Waals surface area contributed by atoms with E-state index in [1.54, 1.807) is 17.9 Å². The second kappa shape index (κ2) is 6.02. The summed E-state index contributed by atoms with van der Waals surface area (Å²) in [5, 5.41) is 2.94. The van der Waals surface area contributed by atoms with Crippen LogP contribution in [-0.2, 0) is 13.0 Å². The first-order valence-corrected chi connectivity index (χ1v) is 7.38. The first-order chi connectivity index (χ1) is 10.6. The zero-order chi connectivity index (χ0) is 15.5. The maximum atomic E-state index is 12.3. The zero-order valence-electron chi connectivity index (χ0n) is 12.5. The smallest absolute Gasteiger partial charge is 0.322 e. The molecule has 2 amide bonds. The molecule has 0 aliphatic carbocycles. The van der Waals surface area contributed by atoms with Gasteiger partial charge in [0.15, 0.2) is 5.78 Å². The molecule has 1 aliphatic rings. The van der Waals surface area contributed by atoms with Gasteiger partial charge < -0.3 is 5.32 Å². The number of carbonyl (C=O) groups excluding carboxylic acids is 2. The largest absolute Gasteiger partial charge is 0.334 e. The topological polar surface area (TPSA) is 49.4 Å². The molecule has 0 bridgehead atoms. The third-order valence-corrected chi connectivity index (χ3v) is 3.91. The predicted octanol–water partition coefficient (Wildman–Crippen LogP) is 3.16. The molecule has 0 unspecified atom stereocenters. The van der Waals surface area contributed by atoms with E-state index in [9.17, 15) is 9.59 Å². The molecule has 4 heteroatoms. The van der Waals surface area contributed by atoms with Gasteiger partial charge >= 0.3 is 6.03 Å². The Kier molecular flexibility index (Phi) is 3.92. The van der Waals surface area contributed by atoms with Crippen molar-refractivity contribution in [3.05, 3.63) is 65.2 Å². The van der Waals surface area contributed by atoms with Crippen LogP contribution < -0.4 is 10.2 Å². The number of nitrogens with zero attached hydrogens (tertiary/aromatic N) is 1. The maximum Gasteiger partial charge on any atom is 0.322 e. The SMILES string of the molecule is CC(=O)c1ccc2c(c1)CCN2C(=O)NCc1ccccc1. The molecule has 0 saturated carbocycles. The lowest BCUT2D eigenvalue weighted by Gasteiger charge is -2.18. The molecule has 0 saturated heterocycles. The number of hydrogen-bond donors (Lipinski definition) is 1. The Morgan fingerprint density at radius 3 is 2.64 bits per heavy atom. The summed E-state index contributed by atoms with van der Waals surface area (Å²) in [4.78, 5) is 25.5. The molecular weight excluding hydrogens is 276 g/mol. The van der Waals surface area contributed by atoms with Crippen LogP contribution in [0.25, 0.3) is 0 Å². The van der Waals surface area contributed by atoms with Crippen LogP contribution in [0.5, 0.6) is 0 Å². The molecule has 2 aromatic rings. The molecule has 1 heterocycles. The van der Waals surface area contributed by atoms with Crippen molar-refractivity contribution in [3.8, 4) is 0 Å². The van der Waals surface area contributed by atoms with Crippen LogP contribution in [0.4, 0.5) is 10.5 Å². The molecule has 4 nitrogen and oxygen atoms in total. The molecule has 3 rings (SSSR count). The highest BCUT2D eigenvalue weighted by atomic mass is 16.2. The summed E-state index contributed by atoms with van der Waals surface area (Å²) in [7, 11) is 0. The van der Waals surface area contributed by atoms with Gasteiger partial charge in [-0.15, -0.1) is 0 Å². The minimum Gasteiger partial charge on any atom is -0.334 e. The number of carbonyl (C=O) groups is 2. The summed E-state index contributed by atoms with van der Waals surface area (Å²) in [6.07, 6.45) is 0.787. The van der Waals surface area contributed by atoms with Gasteiger partial charge in [-0.1, -0.05) is 30.3 Å². The lowest BCUT2D eigenvalue weighted by Crippen LogP contribution is -2.38. The van der Waals surface area contributed by atoms with Crippen molar-refractivity contribution in [3.63, 3.8) is 0 Å². The van der Waals surface area contributed by atoms with Crippen LogP contribution in [-0.4, -0.2) is 18.4 Å². The normalized spacial score (nSPS) is 12.9. The van der Waals surface area contributed by atoms with Gasteiger partial charge in [-0.25, -0.2) is 4.79 Å². The average molecular weight is 294 g/mol. The number of fused-ring (bicyclic) bond motifs is 1. The zero-order valence-corrected chi connectivity index (χ0v) is 12.5. The highest BCUT2D eigenvalue weighted by molar-refractivity contribution is 5.97. The number of hydrogen-bond acceptors (Lipinski definition) is 2. The summed E-state index contributed by atoms with van der Waals surface area (Å²) in [5.74, 6) is 0.0507. The van der Waals surface area contributed by atoms with Crippen molar-refractivity contribution in [2.24, 2.45) is 0 Å². The number of anilines is 1. The Bertz CT molecular complexity index is 710. The molecule has 0 spiro atoms. The van der Waals surface area contributed by atoms with Gasteiger partial charge in [0.2, 0.25) is 0 Å². The second-order valence-corrected chi connectivity index (χ2v) is 5.45. The monoisotopic (exact) mass is 294 g/mol. The van der Waals surface area contributed by atoms with Gasteiger partial charge in [0.25, 0.3) is 0 Å². The van der Waals surface area contributed by atoms with E-state index in [1.165, 1.54) is 0 Å². The van der Waals surface area contributed by atoms with Gasteiger partial charge in [-0.05, 0) is 42.7 Å². The average Bonchev–Trinajstić information content (AvgIpc) is 2.96. The van der Waals surface area contributed by atoms with Crippen LogP contribution in [0.3, 0.4) is 0 Å². The number of Topliss-reactive ketones (excluding diaryl/α,β-unsaturated/α-hetero) is 1. The fourth-order valence-corrected chi connectivity index (χ4v) is 2.70. The third-order valence-electron chi connectivity index (χ3n) is 3.91. The Morgan fingerprint density at radius 1 is 1.14 bits per heavy atom. The predicted molar refractivity (Wildman–Crippen MR) is 86.2 cm³/mol. The Morgan fingerprint density at radius 2 is 1.91 bits per heavy atom. The summed E-state index contributed by atoms with van der Waals surface area (Å²) >= 11 is 0. The molecule has 0 aromatic heterocycles. The number of ketones is 1. The van der Waals surface area contributed by atoms with E-state index in [1.807, 2.05) is 42.5 Å². The second-order valence-electron chi connectivity index (χ2n) is 5.45. The number of rotatable bonds is 3.